The van der Waals surface area contributed by atoms with Crippen LogP contribution in [-0.4, -0.2) is 43.0 Å². The van der Waals surface area contributed by atoms with E-state index in [1.165, 1.54) is 0 Å². The zero-order chi connectivity index (χ0) is 10.3. The lowest BCUT2D eigenvalue weighted by molar-refractivity contribution is 0.291. The zero-order valence-electron chi connectivity index (χ0n) is 7.73. The average Bonchev–Trinajstić information content (AvgIpc) is 2.01. The highest BCUT2D eigenvalue weighted by Crippen LogP contribution is 2.05. The summed E-state index contributed by atoms with van der Waals surface area (Å²) in [5.41, 5.74) is 0. The minimum Gasteiger partial charge on any atom is -0.395 e. The molecule has 0 aliphatic carbocycles. The molecule has 3 N–H and O–H groups in total. The standard InChI is InChI=1S/C7H17NO4S/c1-2-3-7(13(10,11)12)6-8-4-5-9/h7-9H,2-6H2,1H3,(H,10,11,12). The Balaban J connectivity index is 3.96. The van der Waals surface area contributed by atoms with E-state index in [4.69, 9.17) is 9.66 Å². The third-order valence-electron chi connectivity index (χ3n) is 1.69. The summed E-state index contributed by atoms with van der Waals surface area (Å²) in [5, 5.41) is 10.4. The fourth-order valence-electron chi connectivity index (χ4n) is 1.02. The third-order valence-corrected chi connectivity index (χ3v) is 2.94. The second-order valence-corrected chi connectivity index (χ2v) is 4.55. The number of hydrogen-bond acceptors (Lipinski definition) is 4. The molecule has 0 aliphatic rings. The van der Waals surface area contributed by atoms with Crippen molar-refractivity contribution < 1.29 is 18.1 Å². The van der Waals surface area contributed by atoms with Crippen LogP contribution in [0.1, 0.15) is 19.8 Å². The van der Waals surface area contributed by atoms with Gasteiger partial charge in [-0.1, -0.05) is 13.3 Å². The van der Waals surface area contributed by atoms with Gasteiger partial charge in [-0.05, 0) is 6.42 Å². The predicted octanol–water partition coefficient (Wildman–Crippen LogP) is -0.375. The molecule has 0 bridgehead atoms. The first-order chi connectivity index (χ1) is 6.02. The molecule has 0 amide bonds. The van der Waals surface area contributed by atoms with Crippen molar-refractivity contribution in [2.45, 2.75) is 25.0 Å². The van der Waals surface area contributed by atoms with Gasteiger partial charge in [0.25, 0.3) is 10.1 Å². The molecule has 0 heterocycles. The van der Waals surface area contributed by atoms with Gasteiger partial charge in [-0.3, -0.25) is 4.55 Å². The predicted molar refractivity (Wildman–Crippen MR) is 50.2 cm³/mol. The smallest absolute Gasteiger partial charge is 0.269 e. The molecule has 0 aliphatic heterocycles. The van der Waals surface area contributed by atoms with E-state index in [0.29, 0.717) is 19.4 Å². The van der Waals surface area contributed by atoms with E-state index >= 15 is 0 Å². The first kappa shape index (κ1) is 12.8. The van der Waals surface area contributed by atoms with Crippen molar-refractivity contribution in [3.63, 3.8) is 0 Å². The molecule has 0 fully saturated rings. The van der Waals surface area contributed by atoms with Gasteiger partial charge in [0.15, 0.2) is 0 Å². The maximum atomic E-state index is 10.8. The second-order valence-electron chi connectivity index (χ2n) is 2.85. The molecule has 0 saturated heterocycles. The topological polar surface area (TPSA) is 86.6 Å². The monoisotopic (exact) mass is 211 g/mol. The van der Waals surface area contributed by atoms with E-state index in [1.54, 1.807) is 0 Å². The molecule has 0 radical (unpaired) electrons. The van der Waals surface area contributed by atoms with Crippen LogP contribution < -0.4 is 5.32 Å². The molecular weight excluding hydrogens is 194 g/mol. The van der Waals surface area contributed by atoms with Crippen molar-refractivity contribution in [3.05, 3.63) is 0 Å². The Labute approximate surface area is 78.9 Å². The van der Waals surface area contributed by atoms with Crippen molar-refractivity contribution in [2.75, 3.05) is 19.7 Å². The molecular formula is C7H17NO4S. The highest BCUT2D eigenvalue weighted by molar-refractivity contribution is 7.86. The number of aliphatic hydroxyl groups is 1. The van der Waals surface area contributed by atoms with Crippen LogP contribution in [0.25, 0.3) is 0 Å². The lowest BCUT2D eigenvalue weighted by atomic mass is 10.2. The molecule has 1 atom stereocenters. The third kappa shape index (κ3) is 5.98. The second kappa shape index (κ2) is 6.31. The Bertz CT molecular complexity index is 215. The summed E-state index contributed by atoms with van der Waals surface area (Å²) in [7, 11) is -3.95. The van der Waals surface area contributed by atoms with Crippen LogP contribution in [-0.2, 0) is 10.1 Å². The fraction of sp³-hybridized carbons (Fsp3) is 1.00. The van der Waals surface area contributed by atoms with Crippen LogP contribution in [0.5, 0.6) is 0 Å². The minimum atomic E-state index is -3.95. The minimum absolute atomic E-state index is 0.0374. The Kier molecular flexibility index (Phi) is 6.23. The maximum absolute atomic E-state index is 10.8. The summed E-state index contributed by atoms with van der Waals surface area (Å²) in [6.07, 6.45) is 1.13. The van der Waals surface area contributed by atoms with Crippen LogP contribution in [0.2, 0.25) is 0 Å². The van der Waals surface area contributed by atoms with E-state index in [2.05, 4.69) is 5.32 Å². The van der Waals surface area contributed by atoms with Crippen LogP contribution >= 0.6 is 0 Å². The van der Waals surface area contributed by atoms with Gasteiger partial charge in [0.2, 0.25) is 0 Å². The number of rotatable bonds is 7. The van der Waals surface area contributed by atoms with Gasteiger partial charge in [0.1, 0.15) is 0 Å². The summed E-state index contributed by atoms with van der Waals surface area (Å²) in [6, 6.07) is 0. The Hall–Kier alpha value is -0.170. The molecule has 0 aromatic heterocycles. The summed E-state index contributed by atoms with van der Waals surface area (Å²) < 4.78 is 30.3. The quantitative estimate of drug-likeness (QED) is 0.395. The van der Waals surface area contributed by atoms with Gasteiger partial charge in [-0.2, -0.15) is 8.42 Å². The van der Waals surface area contributed by atoms with Gasteiger partial charge >= 0.3 is 0 Å². The van der Waals surface area contributed by atoms with Crippen molar-refractivity contribution in [1.82, 2.24) is 5.32 Å². The average molecular weight is 211 g/mol. The summed E-state index contributed by atoms with van der Waals surface area (Å²) in [6.45, 7) is 2.34. The van der Waals surface area contributed by atoms with E-state index < -0.39 is 15.4 Å². The largest absolute Gasteiger partial charge is 0.395 e. The highest BCUT2D eigenvalue weighted by atomic mass is 32.2. The molecule has 6 heteroatoms. The molecule has 5 nitrogen and oxygen atoms in total. The zero-order valence-corrected chi connectivity index (χ0v) is 8.55. The van der Waals surface area contributed by atoms with Crippen LogP contribution in [0, 0.1) is 0 Å². The lowest BCUT2D eigenvalue weighted by Crippen LogP contribution is -2.34. The van der Waals surface area contributed by atoms with Gasteiger partial charge in [-0.15, -0.1) is 0 Å². The normalized spacial score (nSPS) is 14.4. The van der Waals surface area contributed by atoms with Crippen LogP contribution in [0.3, 0.4) is 0 Å². The highest BCUT2D eigenvalue weighted by Gasteiger charge is 2.20. The number of hydrogen-bond donors (Lipinski definition) is 3. The number of aliphatic hydroxyl groups excluding tert-OH is 1. The van der Waals surface area contributed by atoms with Crippen LogP contribution in [0.15, 0.2) is 0 Å². The van der Waals surface area contributed by atoms with Gasteiger partial charge in [0.05, 0.1) is 11.9 Å². The molecule has 0 spiro atoms. The molecule has 0 saturated carbocycles. The van der Waals surface area contributed by atoms with Crippen molar-refractivity contribution >= 4 is 10.1 Å². The van der Waals surface area contributed by atoms with E-state index in [9.17, 15) is 8.42 Å². The Morgan fingerprint density at radius 2 is 2.08 bits per heavy atom. The van der Waals surface area contributed by atoms with Gasteiger partial charge < -0.3 is 10.4 Å². The van der Waals surface area contributed by atoms with Gasteiger partial charge in [-0.25, -0.2) is 0 Å². The molecule has 13 heavy (non-hydrogen) atoms. The van der Waals surface area contributed by atoms with Crippen molar-refractivity contribution in [1.29, 1.82) is 0 Å². The van der Waals surface area contributed by atoms with Crippen molar-refractivity contribution in [3.8, 4) is 0 Å². The number of nitrogens with one attached hydrogen (secondary N) is 1. The van der Waals surface area contributed by atoms with Crippen LogP contribution in [0.4, 0.5) is 0 Å². The van der Waals surface area contributed by atoms with E-state index in [1.807, 2.05) is 6.92 Å². The van der Waals surface area contributed by atoms with E-state index in [-0.39, 0.29) is 13.2 Å². The SMILES string of the molecule is CCCC(CNCCO)S(=O)(=O)O. The lowest BCUT2D eigenvalue weighted by Gasteiger charge is -2.12. The Morgan fingerprint density at radius 1 is 1.46 bits per heavy atom. The first-order valence-electron chi connectivity index (χ1n) is 4.30. The molecule has 0 aromatic rings. The maximum Gasteiger partial charge on any atom is 0.269 e. The molecule has 80 valence electrons. The fourth-order valence-corrected chi connectivity index (χ4v) is 1.88. The first-order valence-corrected chi connectivity index (χ1v) is 5.80. The summed E-state index contributed by atoms with van der Waals surface area (Å²) in [5.74, 6) is 0. The van der Waals surface area contributed by atoms with E-state index in [0.717, 1.165) is 0 Å². The van der Waals surface area contributed by atoms with Crippen molar-refractivity contribution in [2.24, 2.45) is 0 Å². The summed E-state index contributed by atoms with van der Waals surface area (Å²) in [4.78, 5) is 0. The van der Waals surface area contributed by atoms with Gasteiger partial charge in [0, 0.05) is 13.1 Å². The Morgan fingerprint density at radius 3 is 2.46 bits per heavy atom. The summed E-state index contributed by atoms with van der Waals surface area (Å²) >= 11 is 0. The molecule has 0 rings (SSSR count). The molecule has 0 aromatic carbocycles. The molecule has 1 unspecified atom stereocenters.